The van der Waals surface area contributed by atoms with E-state index in [9.17, 15) is 14.4 Å². The Morgan fingerprint density at radius 2 is 1.44 bits per heavy atom. The maximum absolute atomic E-state index is 12.5. The Balaban J connectivity index is 1.67. The molecule has 0 aromatic carbocycles. The molecule has 0 amide bonds. The number of hydrogen-bond donors (Lipinski definition) is 0. The van der Waals surface area contributed by atoms with Crippen molar-refractivity contribution in [3.63, 3.8) is 0 Å². The van der Waals surface area contributed by atoms with Crippen LogP contribution in [0.5, 0.6) is 0 Å². The third-order valence-corrected chi connectivity index (χ3v) is 7.59. The summed E-state index contributed by atoms with van der Waals surface area (Å²) < 4.78 is 5.29. The van der Waals surface area contributed by atoms with Crippen LogP contribution in [0.25, 0.3) is 0 Å². The summed E-state index contributed by atoms with van der Waals surface area (Å²) in [6.45, 7) is 17.4. The SMILES string of the molecule is CN1CCCN2CCN(C(C)(C)C)CCCN(CC1)CC(CCC(=O)OC1C(=O)CCC1=O)C2. The van der Waals surface area contributed by atoms with Crippen LogP contribution in [0.3, 0.4) is 0 Å². The van der Waals surface area contributed by atoms with E-state index in [1.54, 1.807) is 0 Å². The Hall–Kier alpha value is -1.35. The maximum atomic E-state index is 12.5. The molecule has 3 rings (SSSR count). The molecule has 3 unspecified atom stereocenters. The van der Waals surface area contributed by atoms with Crippen molar-refractivity contribution in [3.05, 3.63) is 0 Å². The fraction of sp³-hybridized carbons (Fsp3) is 0.885. The first-order valence-electron chi connectivity index (χ1n) is 13.2. The van der Waals surface area contributed by atoms with Crippen LogP contribution in [0, 0.1) is 5.92 Å². The second-order valence-electron chi connectivity index (χ2n) is 11.5. The van der Waals surface area contributed by atoms with E-state index in [4.69, 9.17) is 4.74 Å². The summed E-state index contributed by atoms with van der Waals surface area (Å²) in [5, 5.41) is 0. The van der Waals surface area contributed by atoms with E-state index in [0.717, 1.165) is 84.7 Å². The van der Waals surface area contributed by atoms with Crippen LogP contribution >= 0.6 is 0 Å². The molecule has 1 aliphatic carbocycles. The van der Waals surface area contributed by atoms with E-state index in [1.165, 1.54) is 0 Å². The second kappa shape index (κ2) is 12.6. The standard InChI is InChI=1S/C26H46N4O4/c1-26(2,3)30-14-6-13-28-16-15-27(4)11-5-12-29(17-18-30)20-21(19-28)7-10-24(33)34-25-22(31)8-9-23(25)32/h21,25H,5-20H2,1-4H3. The highest BCUT2D eigenvalue weighted by Crippen LogP contribution is 2.20. The van der Waals surface area contributed by atoms with E-state index >= 15 is 0 Å². The van der Waals surface area contributed by atoms with Gasteiger partial charge in [-0.25, -0.2) is 0 Å². The average Bonchev–Trinajstić information content (AvgIpc) is 3.04. The highest BCUT2D eigenvalue weighted by atomic mass is 16.5. The van der Waals surface area contributed by atoms with Crippen LogP contribution in [0.2, 0.25) is 0 Å². The molecule has 0 aromatic rings. The number of ether oxygens (including phenoxy) is 1. The number of rotatable bonds is 4. The first-order valence-corrected chi connectivity index (χ1v) is 13.2. The van der Waals surface area contributed by atoms with Gasteiger partial charge in [-0.2, -0.15) is 0 Å². The van der Waals surface area contributed by atoms with Crippen molar-refractivity contribution in [2.45, 2.75) is 70.9 Å². The van der Waals surface area contributed by atoms with Crippen molar-refractivity contribution >= 4 is 17.5 Å². The molecule has 34 heavy (non-hydrogen) atoms. The number of likely N-dealkylation sites (N-methyl/N-ethyl adjacent to an activating group) is 1. The van der Waals surface area contributed by atoms with E-state index in [1.807, 2.05) is 0 Å². The number of fused-ring (bicyclic) bond motifs is 4. The lowest BCUT2D eigenvalue weighted by atomic mass is 10.0. The van der Waals surface area contributed by atoms with Crippen molar-refractivity contribution in [1.29, 1.82) is 0 Å². The van der Waals surface area contributed by atoms with E-state index < -0.39 is 12.1 Å². The molecule has 0 aromatic heterocycles. The maximum Gasteiger partial charge on any atom is 0.306 e. The van der Waals surface area contributed by atoms with Gasteiger partial charge in [0.05, 0.1) is 0 Å². The smallest absolute Gasteiger partial charge is 0.306 e. The molecule has 3 fully saturated rings. The Bertz CT molecular complexity index is 691. The third kappa shape index (κ3) is 8.40. The molecule has 3 atom stereocenters. The van der Waals surface area contributed by atoms with E-state index in [-0.39, 0.29) is 36.4 Å². The van der Waals surface area contributed by atoms with Gasteiger partial charge in [-0.3, -0.25) is 19.3 Å². The molecular weight excluding hydrogens is 432 g/mol. The Morgan fingerprint density at radius 3 is 2.06 bits per heavy atom. The van der Waals surface area contributed by atoms with Gasteiger partial charge in [0.2, 0.25) is 6.10 Å². The third-order valence-electron chi connectivity index (χ3n) is 7.59. The second-order valence-corrected chi connectivity index (χ2v) is 11.5. The highest BCUT2D eigenvalue weighted by molar-refractivity contribution is 6.12. The summed E-state index contributed by atoms with van der Waals surface area (Å²) >= 11 is 0. The molecule has 8 nitrogen and oxygen atoms in total. The monoisotopic (exact) mass is 478 g/mol. The number of esters is 1. The van der Waals surface area contributed by atoms with Gasteiger partial charge in [0.15, 0.2) is 11.6 Å². The Morgan fingerprint density at radius 1 is 0.853 bits per heavy atom. The summed E-state index contributed by atoms with van der Waals surface area (Å²) in [4.78, 5) is 46.4. The minimum atomic E-state index is -1.15. The van der Waals surface area contributed by atoms with E-state index in [2.05, 4.69) is 47.4 Å². The van der Waals surface area contributed by atoms with Crippen molar-refractivity contribution < 1.29 is 19.1 Å². The molecule has 0 radical (unpaired) electrons. The van der Waals surface area contributed by atoms with Crippen LogP contribution in [-0.4, -0.2) is 121 Å². The summed E-state index contributed by atoms with van der Waals surface area (Å²) in [5.41, 5.74) is 0.153. The molecule has 2 bridgehead atoms. The average molecular weight is 479 g/mol. The molecule has 0 spiro atoms. The number of hydrogen-bond acceptors (Lipinski definition) is 8. The minimum Gasteiger partial charge on any atom is -0.446 e. The van der Waals surface area contributed by atoms with Crippen LogP contribution in [0.4, 0.5) is 0 Å². The Kier molecular flexibility index (Phi) is 10.1. The van der Waals surface area contributed by atoms with Crippen molar-refractivity contribution in [2.24, 2.45) is 5.92 Å². The van der Waals surface area contributed by atoms with Gasteiger partial charge in [-0.1, -0.05) is 0 Å². The van der Waals surface area contributed by atoms with Crippen LogP contribution < -0.4 is 0 Å². The lowest BCUT2D eigenvalue weighted by molar-refractivity contribution is -0.157. The summed E-state index contributed by atoms with van der Waals surface area (Å²) in [6, 6.07) is 0. The molecule has 2 heterocycles. The lowest BCUT2D eigenvalue weighted by Crippen LogP contribution is -2.47. The zero-order valence-corrected chi connectivity index (χ0v) is 21.9. The van der Waals surface area contributed by atoms with Gasteiger partial charge < -0.3 is 19.4 Å². The highest BCUT2D eigenvalue weighted by Gasteiger charge is 2.36. The van der Waals surface area contributed by atoms with Crippen LogP contribution in [0.1, 0.15) is 59.3 Å². The first-order chi connectivity index (χ1) is 16.1. The number of nitrogens with zero attached hydrogens (tertiary/aromatic N) is 4. The molecule has 1 saturated carbocycles. The van der Waals surface area contributed by atoms with Crippen molar-refractivity contribution in [1.82, 2.24) is 19.6 Å². The van der Waals surface area contributed by atoms with Gasteiger partial charge in [-0.05, 0) is 79.2 Å². The van der Waals surface area contributed by atoms with Gasteiger partial charge in [0, 0.05) is 64.1 Å². The number of carbonyl (C=O) groups is 3. The zero-order valence-electron chi connectivity index (χ0n) is 21.9. The number of carbonyl (C=O) groups excluding carboxylic acids is 3. The Labute approximate surface area is 205 Å². The molecule has 2 aliphatic heterocycles. The summed E-state index contributed by atoms with van der Waals surface area (Å²) in [6.07, 6.45) is 2.51. The van der Waals surface area contributed by atoms with Crippen LogP contribution in [-0.2, 0) is 19.1 Å². The first kappa shape index (κ1) is 27.2. The van der Waals surface area contributed by atoms with E-state index in [0.29, 0.717) is 5.92 Å². The molecule has 8 heteroatoms. The largest absolute Gasteiger partial charge is 0.446 e. The molecule has 3 aliphatic rings. The number of Topliss-reactive ketones (excluding diaryl/α,β-unsaturated/α-hetero) is 2. The van der Waals surface area contributed by atoms with Crippen molar-refractivity contribution in [3.8, 4) is 0 Å². The van der Waals surface area contributed by atoms with Crippen molar-refractivity contribution in [2.75, 3.05) is 72.5 Å². The lowest BCUT2D eigenvalue weighted by Gasteiger charge is -2.37. The summed E-state index contributed by atoms with van der Waals surface area (Å²) in [7, 11) is 2.21. The van der Waals surface area contributed by atoms with Gasteiger partial charge >= 0.3 is 5.97 Å². The van der Waals surface area contributed by atoms with Gasteiger partial charge in [0.1, 0.15) is 0 Å². The normalized spacial score (nSPS) is 29.7. The molecular formula is C26H46N4O4. The quantitative estimate of drug-likeness (QED) is 0.446. The minimum absolute atomic E-state index is 0.153. The number of ketones is 2. The molecule has 0 N–H and O–H groups in total. The predicted molar refractivity (Wildman–Crippen MR) is 133 cm³/mol. The molecule has 2 saturated heterocycles. The van der Waals surface area contributed by atoms with Crippen LogP contribution in [0.15, 0.2) is 0 Å². The summed E-state index contributed by atoms with van der Waals surface area (Å²) in [5.74, 6) is -0.566. The topological polar surface area (TPSA) is 73.4 Å². The molecule has 194 valence electrons. The fourth-order valence-corrected chi connectivity index (χ4v) is 5.41. The van der Waals surface area contributed by atoms with Gasteiger partial charge in [-0.15, -0.1) is 0 Å². The zero-order chi connectivity index (χ0) is 24.7. The van der Waals surface area contributed by atoms with Gasteiger partial charge in [0.25, 0.3) is 0 Å². The fourth-order valence-electron chi connectivity index (χ4n) is 5.41. The predicted octanol–water partition coefficient (Wildman–Crippen LogP) is 1.67.